The topological polar surface area (TPSA) is 157 Å². The number of carbonyl (C=O) groups excluding carboxylic acids is 2. The van der Waals surface area contributed by atoms with Crippen molar-refractivity contribution in [2.45, 2.75) is 31.4 Å². The van der Waals surface area contributed by atoms with Crippen LogP contribution in [0.1, 0.15) is 13.2 Å². The van der Waals surface area contributed by atoms with Crippen molar-refractivity contribution >= 4 is 34.6 Å². The Balaban J connectivity index is 2.10. The first-order chi connectivity index (χ1) is 12.5. The lowest BCUT2D eigenvalue weighted by Crippen LogP contribution is -2.41. The molecule has 0 saturated carbocycles. The number of ether oxygens (including phenoxy) is 2. The zero-order valence-corrected chi connectivity index (χ0v) is 14.4. The van der Waals surface area contributed by atoms with Gasteiger partial charge in [0.05, 0.1) is 6.33 Å². The molecule has 3 heterocycles. The van der Waals surface area contributed by atoms with Gasteiger partial charge < -0.3 is 14.8 Å². The zero-order valence-electron chi connectivity index (χ0n) is 13.6. The van der Waals surface area contributed by atoms with Crippen LogP contribution in [0.4, 0.5) is 0 Å². The number of rotatable bonds is 4. The molecule has 3 rings (SSSR count). The first-order valence-corrected chi connectivity index (χ1v) is 7.77. The number of carbonyl (C=O) groups is 2. The highest BCUT2D eigenvalue weighted by Crippen LogP contribution is 2.36. The molecule has 0 unspecified atom stereocenters. The molecule has 26 heavy (non-hydrogen) atoms. The van der Waals surface area contributed by atoms with Gasteiger partial charge in [-0.1, -0.05) is 16.7 Å². The van der Waals surface area contributed by atoms with Gasteiger partial charge in [-0.15, -0.1) is 0 Å². The summed E-state index contributed by atoms with van der Waals surface area (Å²) in [5.74, 6) is -1.16. The number of halogens is 1. The Bertz CT molecular complexity index is 911. The van der Waals surface area contributed by atoms with Crippen LogP contribution >= 0.6 is 11.6 Å². The summed E-state index contributed by atoms with van der Waals surface area (Å²) in [6, 6.07) is -1.08. The Morgan fingerprint density at radius 2 is 2.23 bits per heavy atom. The molecule has 0 radical (unpaired) electrons. The van der Waals surface area contributed by atoms with E-state index in [4.69, 9.17) is 26.6 Å². The summed E-state index contributed by atoms with van der Waals surface area (Å²) < 4.78 is 12.5. The molecule has 1 amide bonds. The summed E-state index contributed by atoms with van der Waals surface area (Å²) in [7, 11) is 1.41. The van der Waals surface area contributed by atoms with Crippen molar-refractivity contribution < 1.29 is 19.1 Å². The highest BCUT2D eigenvalue weighted by atomic mass is 35.5. The number of likely N-dealkylation sites (N-methyl/N-ethyl adjacent to an activating group) is 1. The molecule has 4 atom stereocenters. The summed E-state index contributed by atoms with van der Waals surface area (Å²) in [4.78, 5) is 38.5. The minimum atomic E-state index is -1.17. The van der Waals surface area contributed by atoms with E-state index in [1.165, 1.54) is 31.2 Å². The van der Waals surface area contributed by atoms with Crippen molar-refractivity contribution in [1.82, 2.24) is 24.8 Å². The fourth-order valence-corrected chi connectivity index (χ4v) is 2.92. The minimum Gasteiger partial charge on any atom is -0.457 e. The van der Waals surface area contributed by atoms with E-state index >= 15 is 0 Å². The van der Waals surface area contributed by atoms with E-state index in [0.717, 1.165) is 0 Å². The van der Waals surface area contributed by atoms with E-state index in [-0.39, 0.29) is 5.15 Å². The summed E-state index contributed by atoms with van der Waals surface area (Å²) in [5.41, 5.74) is 9.47. The fraction of sp³-hybridized carbons (Fsp3) is 0.462. The van der Waals surface area contributed by atoms with Crippen LogP contribution < -0.4 is 5.32 Å². The maximum absolute atomic E-state index is 12.1. The summed E-state index contributed by atoms with van der Waals surface area (Å²) in [6.45, 7) is 1.20. The average molecular weight is 381 g/mol. The first-order valence-electron chi connectivity index (χ1n) is 7.39. The van der Waals surface area contributed by atoms with Gasteiger partial charge in [-0.3, -0.25) is 14.2 Å². The molecular formula is C13H13ClN8O4. The molecule has 0 spiro atoms. The second-order valence-corrected chi connectivity index (χ2v) is 5.68. The smallest absolute Gasteiger partial charge is 0.303 e. The van der Waals surface area contributed by atoms with E-state index in [1.54, 1.807) is 0 Å². The normalized spacial score (nSPS) is 24.9. The minimum absolute atomic E-state index is 0.130. The Morgan fingerprint density at radius 1 is 1.46 bits per heavy atom. The number of hydrogen-bond donors (Lipinski definition) is 1. The van der Waals surface area contributed by atoms with Gasteiger partial charge in [0.2, 0.25) is 5.91 Å². The number of nitrogens with zero attached hydrogens (tertiary/aromatic N) is 7. The number of aromatic nitrogens is 4. The van der Waals surface area contributed by atoms with Gasteiger partial charge in [0.25, 0.3) is 0 Å². The number of fused-ring (bicyclic) bond motifs is 1. The first kappa shape index (κ1) is 17.9. The summed E-state index contributed by atoms with van der Waals surface area (Å²) in [6.07, 6.45) is -0.643. The van der Waals surface area contributed by atoms with E-state index in [9.17, 15) is 9.59 Å². The largest absolute Gasteiger partial charge is 0.457 e. The molecule has 1 aliphatic heterocycles. The quantitative estimate of drug-likeness (QED) is 0.269. The van der Waals surface area contributed by atoms with E-state index in [1.807, 2.05) is 0 Å². The molecule has 1 aliphatic rings. The number of amides is 1. The number of hydrogen-bond acceptors (Lipinski definition) is 8. The number of nitrogens with one attached hydrogen (secondary N) is 1. The predicted molar refractivity (Wildman–Crippen MR) is 86.8 cm³/mol. The summed E-state index contributed by atoms with van der Waals surface area (Å²) >= 11 is 5.99. The molecule has 1 N–H and O–H groups in total. The third-order valence-electron chi connectivity index (χ3n) is 3.79. The van der Waals surface area contributed by atoms with Gasteiger partial charge in [-0.05, 0) is 5.53 Å². The molecule has 0 aromatic carbocycles. The third-order valence-corrected chi connectivity index (χ3v) is 4.07. The van der Waals surface area contributed by atoms with Crippen molar-refractivity contribution in [3.05, 3.63) is 28.3 Å². The van der Waals surface area contributed by atoms with Crippen LogP contribution in [0.2, 0.25) is 5.15 Å². The van der Waals surface area contributed by atoms with E-state index < -0.39 is 36.4 Å². The monoisotopic (exact) mass is 380 g/mol. The maximum atomic E-state index is 12.1. The van der Waals surface area contributed by atoms with Crippen molar-refractivity contribution in [3.63, 3.8) is 0 Å². The van der Waals surface area contributed by atoms with Crippen LogP contribution in [-0.4, -0.2) is 56.7 Å². The van der Waals surface area contributed by atoms with Gasteiger partial charge in [0.1, 0.15) is 17.9 Å². The van der Waals surface area contributed by atoms with Crippen molar-refractivity contribution in [2.24, 2.45) is 5.11 Å². The van der Waals surface area contributed by atoms with Gasteiger partial charge in [-0.25, -0.2) is 15.0 Å². The lowest BCUT2D eigenvalue weighted by atomic mass is 10.1. The molecule has 1 fully saturated rings. The molecule has 2 aromatic rings. The standard InChI is InChI=1S/C13H13ClN8O4/c1-5(23)25-9-6(20-21-15)8(12(24)16-2)26-13(9)22-4-19-7-10(14)17-3-18-11(7)22/h3-4,6,8-9,13H,1-2H3,(H,16,24)/t6-,8+,9-,13-/m1/s1. The van der Waals surface area contributed by atoms with Gasteiger partial charge in [-0.2, -0.15) is 0 Å². The van der Waals surface area contributed by atoms with Gasteiger partial charge in [0.15, 0.2) is 29.2 Å². The second kappa shape index (κ2) is 7.12. The van der Waals surface area contributed by atoms with Crippen LogP contribution in [0.25, 0.3) is 21.6 Å². The summed E-state index contributed by atoms with van der Waals surface area (Å²) in [5, 5.41) is 6.14. The molecule has 1 saturated heterocycles. The predicted octanol–water partition coefficient (Wildman–Crippen LogP) is 0.734. The number of azide groups is 1. The van der Waals surface area contributed by atoms with Crippen LogP contribution in [-0.2, 0) is 19.1 Å². The van der Waals surface area contributed by atoms with Crippen LogP contribution in [0.5, 0.6) is 0 Å². The Hall–Kier alpha value is -2.95. The molecule has 13 heteroatoms. The Labute approximate surface area is 151 Å². The lowest BCUT2D eigenvalue weighted by Gasteiger charge is -2.21. The lowest BCUT2D eigenvalue weighted by molar-refractivity contribution is -0.152. The molecule has 0 aliphatic carbocycles. The van der Waals surface area contributed by atoms with Gasteiger partial charge >= 0.3 is 5.97 Å². The van der Waals surface area contributed by atoms with Crippen molar-refractivity contribution in [1.29, 1.82) is 0 Å². The fourth-order valence-electron chi connectivity index (χ4n) is 2.75. The van der Waals surface area contributed by atoms with Crippen LogP contribution in [0.3, 0.4) is 0 Å². The number of imidazole rings is 1. The highest BCUT2D eigenvalue weighted by Gasteiger charge is 2.50. The molecule has 2 aromatic heterocycles. The van der Waals surface area contributed by atoms with E-state index in [0.29, 0.717) is 11.2 Å². The number of esters is 1. The second-order valence-electron chi connectivity index (χ2n) is 5.32. The SMILES string of the molecule is CNC(=O)[C@H]1O[C@@H](n2cnc3c(Cl)ncnc32)[C@H](OC(C)=O)[C@@H]1N=[N+]=[N-]. The average Bonchev–Trinajstić information content (AvgIpc) is 3.17. The molecular weight excluding hydrogens is 368 g/mol. The van der Waals surface area contributed by atoms with Gasteiger partial charge in [0, 0.05) is 18.9 Å². The third kappa shape index (κ3) is 3.01. The van der Waals surface area contributed by atoms with E-state index in [2.05, 4.69) is 30.3 Å². The zero-order chi connectivity index (χ0) is 18.8. The molecule has 136 valence electrons. The Kier molecular flexibility index (Phi) is 4.89. The highest BCUT2D eigenvalue weighted by molar-refractivity contribution is 6.33. The van der Waals surface area contributed by atoms with Crippen molar-refractivity contribution in [2.75, 3.05) is 7.05 Å². The Morgan fingerprint density at radius 3 is 2.88 bits per heavy atom. The molecule has 0 bridgehead atoms. The van der Waals surface area contributed by atoms with Crippen molar-refractivity contribution in [3.8, 4) is 0 Å². The van der Waals surface area contributed by atoms with Crippen LogP contribution in [0.15, 0.2) is 17.8 Å². The maximum Gasteiger partial charge on any atom is 0.303 e. The van der Waals surface area contributed by atoms with Crippen LogP contribution in [0, 0.1) is 0 Å². The molecule has 12 nitrogen and oxygen atoms in total.